The molecular formula is C17H14N2O3. The normalized spacial score (nSPS) is 10.6. The third-order valence-corrected chi connectivity index (χ3v) is 3.49. The minimum Gasteiger partial charge on any atom is -0.451 e. The van der Waals surface area contributed by atoms with Gasteiger partial charge in [0.1, 0.15) is 5.58 Å². The molecule has 1 aromatic heterocycles. The number of carbonyl (C=O) groups excluding carboxylic acids is 2. The Kier molecular flexibility index (Phi) is 3.39. The topological polar surface area (TPSA) is 85.3 Å². The molecule has 5 nitrogen and oxygen atoms in total. The van der Waals surface area contributed by atoms with Crippen LogP contribution < -0.4 is 11.1 Å². The van der Waals surface area contributed by atoms with E-state index < -0.39 is 11.8 Å². The molecule has 0 fully saturated rings. The highest BCUT2D eigenvalue weighted by molar-refractivity contribution is 6.09. The summed E-state index contributed by atoms with van der Waals surface area (Å²) >= 11 is 0. The van der Waals surface area contributed by atoms with Crippen molar-refractivity contribution in [3.8, 4) is 0 Å². The molecule has 0 aliphatic carbocycles. The largest absolute Gasteiger partial charge is 0.451 e. The van der Waals surface area contributed by atoms with Gasteiger partial charge < -0.3 is 15.5 Å². The van der Waals surface area contributed by atoms with E-state index in [2.05, 4.69) is 5.32 Å². The fourth-order valence-corrected chi connectivity index (χ4v) is 2.38. The van der Waals surface area contributed by atoms with Gasteiger partial charge in [0.2, 0.25) is 0 Å². The summed E-state index contributed by atoms with van der Waals surface area (Å²) in [5.41, 5.74) is 7.32. The van der Waals surface area contributed by atoms with Crippen LogP contribution >= 0.6 is 0 Å². The maximum Gasteiger partial charge on any atom is 0.291 e. The van der Waals surface area contributed by atoms with Crippen molar-refractivity contribution < 1.29 is 14.0 Å². The number of carbonyl (C=O) groups is 2. The van der Waals surface area contributed by atoms with Gasteiger partial charge in [-0.3, -0.25) is 9.59 Å². The molecule has 0 saturated carbocycles. The van der Waals surface area contributed by atoms with Gasteiger partial charge in [-0.25, -0.2) is 0 Å². The lowest BCUT2D eigenvalue weighted by Crippen LogP contribution is -2.18. The van der Waals surface area contributed by atoms with E-state index >= 15 is 0 Å². The van der Waals surface area contributed by atoms with Crippen molar-refractivity contribution in [2.75, 3.05) is 5.32 Å². The number of hydrogen-bond donors (Lipinski definition) is 2. The minimum atomic E-state index is -0.600. The minimum absolute atomic E-state index is 0.223. The molecule has 0 radical (unpaired) electrons. The number of nitrogens with one attached hydrogen (secondary N) is 1. The SMILES string of the molecule is Cc1c(C(=O)Nc2ccccc2C(N)=O)oc2ccccc12. The third kappa shape index (κ3) is 2.33. The number of nitrogens with two attached hydrogens (primary N) is 1. The highest BCUT2D eigenvalue weighted by atomic mass is 16.3. The molecule has 5 heteroatoms. The lowest BCUT2D eigenvalue weighted by atomic mass is 10.1. The number of aryl methyl sites for hydroxylation is 1. The zero-order valence-corrected chi connectivity index (χ0v) is 11.9. The van der Waals surface area contributed by atoms with Gasteiger partial charge in [0.25, 0.3) is 11.8 Å². The van der Waals surface area contributed by atoms with Crippen molar-refractivity contribution in [3.05, 3.63) is 65.4 Å². The summed E-state index contributed by atoms with van der Waals surface area (Å²) in [5, 5.41) is 3.56. The summed E-state index contributed by atoms with van der Waals surface area (Å²) in [6.07, 6.45) is 0. The van der Waals surface area contributed by atoms with Crippen LogP contribution in [0.5, 0.6) is 0 Å². The van der Waals surface area contributed by atoms with Gasteiger partial charge in [-0.05, 0) is 25.1 Å². The molecule has 0 spiro atoms. The summed E-state index contributed by atoms with van der Waals surface area (Å²) in [6, 6.07) is 14.0. The van der Waals surface area contributed by atoms with Crippen LogP contribution in [0.4, 0.5) is 5.69 Å². The predicted molar refractivity (Wildman–Crippen MR) is 83.9 cm³/mol. The molecule has 0 saturated heterocycles. The lowest BCUT2D eigenvalue weighted by molar-refractivity contribution is 0.0998. The number of furan rings is 1. The first kappa shape index (κ1) is 13.9. The van der Waals surface area contributed by atoms with Crippen molar-refractivity contribution in [2.24, 2.45) is 5.73 Å². The zero-order chi connectivity index (χ0) is 15.7. The van der Waals surface area contributed by atoms with E-state index in [1.54, 1.807) is 30.3 Å². The maximum atomic E-state index is 12.4. The Morgan fingerprint density at radius 1 is 1.05 bits per heavy atom. The second kappa shape index (κ2) is 5.37. The average molecular weight is 294 g/mol. The van der Waals surface area contributed by atoms with Crippen molar-refractivity contribution in [2.45, 2.75) is 6.92 Å². The van der Waals surface area contributed by atoms with Crippen molar-refractivity contribution in [1.29, 1.82) is 0 Å². The molecule has 0 atom stereocenters. The number of anilines is 1. The Bertz CT molecular complexity index is 880. The van der Waals surface area contributed by atoms with Gasteiger partial charge in [0, 0.05) is 10.9 Å². The van der Waals surface area contributed by atoms with E-state index in [1.807, 2.05) is 25.1 Å². The number of primary amides is 1. The summed E-state index contributed by atoms with van der Waals surface area (Å²) in [7, 11) is 0. The summed E-state index contributed by atoms with van der Waals surface area (Å²) < 4.78 is 5.60. The molecule has 0 aliphatic rings. The van der Waals surface area contributed by atoms with E-state index in [-0.39, 0.29) is 11.3 Å². The fourth-order valence-electron chi connectivity index (χ4n) is 2.38. The fraction of sp³-hybridized carbons (Fsp3) is 0.0588. The molecule has 0 bridgehead atoms. The quantitative estimate of drug-likeness (QED) is 0.778. The Labute approximate surface area is 126 Å². The zero-order valence-electron chi connectivity index (χ0n) is 11.9. The molecule has 3 N–H and O–H groups in total. The first-order chi connectivity index (χ1) is 10.6. The van der Waals surface area contributed by atoms with E-state index in [9.17, 15) is 9.59 Å². The molecule has 0 unspecified atom stereocenters. The molecule has 0 aliphatic heterocycles. The van der Waals surface area contributed by atoms with Crippen molar-refractivity contribution in [3.63, 3.8) is 0 Å². The highest BCUT2D eigenvalue weighted by Crippen LogP contribution is 2.26. The van der Waals surface area contributed by atoms with Crippen LogP contribution in [-0.2, 0) is 0 Å². The average Bonchev–Trinajstić information content (AvgIpc) is 2.85. The van der Waals surface area contributed by atoms with Gasteiger partial charge >= 0.3 is 0 Å². The Morgan fingerprint density at radius 3 is 2.45 bits per heavy atom. The number of rotatable bonds is 3. The monoisotopic (exact) mass is 294 g/mol. The molecule has 2 aromatic carbocycles. The first-order valence-electron chi connectivity index (χ1n) is 6.76. The molecule has 3 aromatic rings. The second-order valence-electron chi connectivity index (χ2n) is 4.92. The molecule has 1 heterocycles. The molecule has 22 heavy (non-hydrogen) atoms. The number of para-hydroxylation sites is 2. The van der Waals surface area contributed by atoms with E-state index in [0.717, 1.165) is 10.9 Å². The second-order valence-corrected chi connectivity index (χ2v) is 4.92. The number of fused-ring (bicyclic) bond motifs is 1. The highest BCUT2D eigenvalue weighted by Gasteiger charge is 2.19. The molecule has 110 valence electrons. The van der Waals surface area contributed by atoms with Gasteiger partial charge in [-0.15, -0.1) is 0 Å². The summed E-state index contributed by atoms with van der Waals surface area (Å²) in [6.45, 7) is 1.82. The van der Waals surface area contributed by atoms with Crippen LogP contribution in [0.3, 0.4) is 0 Å². The van der Waals surface area contributed by atoms with Crippen LogP contribution in [0.25, 0.3) is 11.0 Å². The van der Waals surface area contributed by atoms with Gasteiger partial charge in [0.15, 0.2) is 5.76 Å². The summed E-state index contributed by atoms with van der Waals surface area (Å²) in [4.78, 5) is 23.8. The number of amides is 2. The van der Waals surface area contributed by atoms with E-state index in [4.69, 9.17) is 10.2 Å². The number of hydrogen-bond acceptors (Lipinski definition) is 3. The van der Waals surface area contributed by atoms with Crippen LogP contribution in [0.1, 0.15) is 26.5 Å². The molecule has 2 amide bonds. The van der Waals surface area contributed by atoms with Gasteiger partial charge in [-0.2, -0.15) is 0 Å². The van der Waals surface area contributed by atoms with Gasteiger partial charge in [-0.1, -0.05) is 30.3 Å². The van der Waals surface area contributed by atoms with Crippen LogP contribution in [0.15, 0.2) is 52.9 Å². The third-order valence-electron chi connectivity index (χ3n) is 3.49. The van der Waals surface area contributed by atoms with Crippen LogP contribution in [0.2, 0.25) is 0 Å². The van der Waals surface area contributed by atoms with E-state index in [0.29, 0.717) is 11.3 Å². The van der Waals surface area contributed by atoms with Crippen molar-refractivity contribution in [1.82, 2.24) is 0 Å². The predicted octanol–water partition coefficient (Wildman–Crippen LogP) is 3.09. The van der Waals surface area contributed by atoms with Crippen molar-refractivity contribution >= 4 is 28.5 Å². The number of benzene rings is 2. The van der Waals surface area contributed by atoms with Crippen LogP contribution in [0, 0.1) is 6.92 Å². The first-order valence-corrected chi connectivity index (χ1v) is 6.76. The van der Waals surface area contributed by atoms with E-state index in [1.165, 1.54) is 0 Å². The Morgan fingerprint density at radius 2 is 1.73 bits per heavy atom. The smallest absolute Gasteiger partial charge is 0.291 e. The standard InChI is InChI=1S/C17H14N2O3/c1-10-11-6-3-5-9-14(11)22-15(10)17(21)19-13-8-4-2-7-12(13)16(18)20/h2-9H,1H3,(H2,18,20)(H,19,21). The molecule has 3 rings (SSSR count). The van der Waals surface area contributed by atoms with Gasteiger partial charge in [0.05, 0.1) is 11.3 Å². The Balaban J connectivity index is 1.98. The maximum absolute atomic E-state index is 12.4. The molecular weight excluding hydrogens is 280 g/mol. The van der Waals surface area contributed by atoms with Crippen LogP contribution in [-0.4, -0.2) is 11.8 Å². The Hall–Kier alpha value is -3.08. The summed E-state index contributed by atoms with van der Waals surface area (Å²) in [5.74, 6) is -0.792. The lowest BCUT2D eigenvalue weighted by Gasteiger charge is -2.07.